The zero-order valence-electron chi connectivity index (χ0n) is 9.78. The monoisotopic (exact) mass is 316 g/mol. The number of benzene rings is 1. The maximum absolute atomic E-state index is 11.6. The molecule has 0 aliphatic rings. The lowest BCUT2D eigenvalue weighted by molar-refractivity contribution is -0.113. The summed E-state index contributed by atoms with van der Waals surface area (Å²) in [4.78, 5) is 11.6. The van der Waals surface area contributed by atoms with Crippen molar-refractivity contribution in [2.24, 2.45) is 5.73 Å². The second kappa shape index (κ2) is 7.74. The number of carbonyl (C=O) groups excluding carboxylic acids is 1. The molecule has 17 heavy (non-hydrogen) atoms. The number of nitrogens with one attached hydrogen (secondary N) is 1. The van der Waals surface area contributed by atoms with E-state index in [0.717, 1.165) is 22.3 Å². The topological polar surface area (TPSA) is 55.1 Å². The molecule has 0 saturated heterocycles. The minimum atomic E-state index is 0.0200. The molecular formula is C12H17BrN2OS. The lowest BCUT2D eigenvalue weighted by atomic mass is 10.3. The molecule has 0 fully saturated rings. The van der Waals surface area contributed by atoms with Crippen LogP contribution in [0.25, 0.3) is 0 Å². The highest BCUT2D eigenvalue weighted by Crippen LogP contribution is 2.21. The predicted molar refractivity (Wildman–Crippen MR) is 78.4 cm³/mol. The molecule has 3 nitrogen and oxygen atoms in total. The second-order valence-corrected chi connectivity index (χ2v) is 5.81. The number of para-hydroxylation sites is 1. The first-order valence-corrected chi connectivity index (χ1v) is 7.42. The fraction of sp³-hybridized carbons (Fsp3) is 0.417. The van der Waals surface area contributed by atoms with E-state index in [-0.39, 0.29) is 11.9 Å². The number of rotatable bonds is 6. The van der Waals surface area contributed by atoms with Gasteiger partial charge in [-0.25, -0.2) is 0 Å². The first-order chi connectivity index (χ1) is 8.09. The van der Waals surface area contributed by atoms with Crippen LogP contribution in [-0.4, -0.2) is 23.5 Å². The Morgan fingerprint density at radius 3 is 2.88 bits per heavy atom. The number of amides is 1. The van der Waals surface area contributed by atoms with Crippen molar-refractivity contribution in [2.75, 3.05) is 16.8 Å². The zero-order valence-corrected chi connectivity index (χ0v) is 12.2. The average Bonchev–Trinajstić information content (AvgIpc) is 2.27. The predicted octanol–water partition coefficient (Wildman–Crippen LogP) is 2.86. The van der Waals surface area contributed by atoms with Gasteiger partial charge in [0.05, 0.1) is 11.4 Å². The summed E-state index contributed by atoms with van der Waals surface area (Å²) in [6, 6.07) is 7.78. The van der Waals surface area contributed by atoms with Crippen LogP contribution < -0.4 is 11.1 Å². The van der Waals surface area contributed by atoms with E-state index in [1.165, 1.54) is 0 Å². The molecular weight excluding hydrogens is 300 g/mol. The molecule has 0 radical (unpaired) electrons. The minimum Gasteiger partial charge on any atom is -0.328 e. The Morgan fingerprint density at radius 1 is 1.53 bits per heavy atom. The van der Waals surface area contributed by atoms with Gasteiger partial charge >= 0.3 is 0 Å². The smallest absolute Gasteiger partial charge is 0.234 e. The fourth-order valence-corrected chi connectivity index (χ4v) is 2.51. The Labute approximate surface area is 115 Å². The summed E-state index contributed by atoms with van der Waals surface area (Å²) < 4.78 is 0.897. The molecule has 1 atom stereocenters. The van der Waals surface area contributed by atoms with Crippen molar-refractivity contribution in [3.63, 3.8) is 0 Å². The Hall–Kier alpha value is -0.520. The lowest BCUT2D eigenvalue weighted by Crippen LogP contribution is -2.17. The molecule has 0 saturated carbocycles. The first-order valence-electron chi connectivity index (χ1n) is 5.47. The van der Waals surface area contributed by atoms with E-state index in [2.05, 4.69) is 21.2 Å². The summed E-state index contributed by atoms with van der Waals surface area (Å²) in [5.74, 6) is 1.40. The number of halogens is 1. The van der Waals surface area contributed by atoms with Crippen molar-refractivity contribution in [1.82, 2.24) is 0 Å². The minimum absolute atomic E-state index is 0.0200. The van der Waals surface area contributed by atoms with Gasteiger partial charge in [0.15, 0.2) is 0 Å². The number of thioether (sulfide) groups is 1. The van der Waals surface area contributed by atoms with Crippen LogP contribution in [0.4, 0.5) is 5.69 Å². The molecule has 0 heterocycles. The molecule has 0 aromatic heterocycles. The maximum Gasteiger partial charge on any atom is 0.234 e. The van der Waals surface area contributed by atoms with Gasteiger partial charge in [-0.1, -0.05) is 12.1 Å². The molecule has 0 spiro atoms. The number of carbonyl (C=O) groups is 1. The molecule has 94 valence electrons. The van der Waals surface area contributed by atoms with Crippen molar-refractivity contribution in [1.29, 1.82) is 0 Å². The molecule has 1 unspecified atom stereocenters. The van der Waals surface area contributed by atoms with Gasteiger partial charge in [0.2, 0.25) is 5.91 Å². The van der Waals surface area contributed by atoms with E-state index in [1.807, 2.05) is 31.2 Å². The lowest BCUT2D eigenvalue weighted by Gasteiger charge is -2.07. The Balaban J connectivity index is 2.28. The number of anilines is 1. The SMILES string of the molecule is CC(N)CCSCC(=O)Nc1ccccc1Br. The Bertz CT molecular complexity index is 371. The number of hydrogen-bond acceptors (Lipinski definition) is 3. The normalized spacial score (nSPS) is 12.2. The van der Waals surface area contributed by atoms with E-state index in [1.54, 1.807) is 11.8 Å². The molecule has 3 N–H and O–H groups in total. The first kappa shape index (κ1) is 14.5. The zero-order chi connectivity index (χ0) is 12.7. The number of hydrogen-bond donors (Lipinski definition) is 2. The van der Waals surface area contributed by atoms with E-state index in [0.29, 0.717) is 5.75 Å². The van der Waals surface area contributed by atoms with Crippen molar-refractivity contribution in [3.05, 3.63) is 28.7 Å². The van der Waals surface area contributed by atoms with Gasteiger partial charge in [0, 0.05) is 10.5 Å². The quantitative estimate of drug-likeness (QED) is 0.793. The molecule has 0 aliphatic carbocycles. The highest BCUT2D eigenvalue weighted by atomic mass is 79.9. The van der Waals surface area contributed by atoms with E-state index in [9.17, 15) is 4.79 Å². The Kier molecular flexibility index (Phi) is 6.62. The molecule has 1 amide bonds. The van der Waals surface area contributed by atoms with Crippen LogP contribution in [0, 0.1) is 0 Å². The summed E-state index contributed by atoms with van der Waals surface area (Å²) in [5.41, 5.74) is 6.44. The van der Waals surface area contributed by atoms with Gasteiger partial charge < -0.3 is 11.1 Å². The summed E-state index contributed by atoms with van der Waals surface area (Å²) in [7, 11) is 0. The van der Waals surface area contributed by atoms with Gasteiger partial charge in [-0.05, 0) is 47.2 Å². The third kappa shape index (κ3) is 6.10. The van der Waals surface area contributed by atoms with Crippen LogP contribution in [0.5, 0.6) is 0 Å². The van der Waals surface area contributed by atoms with Crippen LogP contribution in [0.2, 0.25) is 0 Å². The highest BCUT2D eigenvalue weighted by Gasteiger charge is 2.05. The van der Waals surface area contributed by atoms with Gasteiger partial charge in [-0.2, -0.15) is 11.8 Å². The average molecular weight is 317 g/mol. The van der Waals surface area contributed by atoms with Crippen molar-refractivity contribution in [3.8, 4) is 0 Å². The molecule has 0 bridgehead atoms. The third-order valence-corrected chi connectivity index (χ3v) is 3.78. The Morgan fingerprint density at radius 2 is 2.24 bits per heavy atom. The molecule has 1 aromatic carbocycles. The van der Waals surface area contributed by atoms with Gasteiger partial charge in [-0.15, -0.1) is 0 Å². The van der Waals surface area contributed by atoms with E-state index < -0.39 is 0 Å². The van der Waals surface area contributed by atoms with Crippen LogP contribution in [0.15, 0.2) is 28.7 Å². The van der Waals surface area contributed by atoms with E-state index >= 15 is 0 Å². The van der Waals surface area contributed by atoms with E-state index in [4.69, 9.17) is 5.73 Å². The molecule has 1 rings (SSSR count). The number of nitrogens with two attached hydrogens (primary N) is 1. The summed E-state index contributed by atoms with van der Waals surface area (Å²) >= 11 is 5.00. The van der Waals surface area contributed by atoms with Gasteiger partial charge in [-0.3, -0.25) is 4.79 Å². The summed E-state index contributed by atoms with van der Waals surface area (Å²) in [5, 5.41) is 2.86. The largest absolute Gasteiger partial charge is 0.328 e. The molecule has 0 aliphatic heterocycles. The summed E-state index contributed by atoms with van der Waals surface area (Å²) in [6.07, 6.45) is 0.937. The third-order valence-electron chi connectivity index (χ3n) is 2.10. The fourth-order valence-electron chi connectivity index (χ4n) is 1.18. The second-order valence-electron chi connectivity index (χ2n) is 3.85. The van der Waals surface area contributed by atoms with Crippen LogP contribution >= 0.6 is 27.7 Å². The highest BCUT2D eigenvalue weighted by molar-refractivity contribution is 9.10. The van der Waals surface area contributed by atoms with Crippen molar-refractivity contribution in [2.45, 2.75) is 19.4 Å². The molecule has 5 heteroatoms. The standard InChI is InChI=1S/C12H17BrN2OS/c1-9(14)6-7-17-8-12(16)15-11-5-3-2-4-10(11)13/h2-5,9H,6-8,14H2,1H3,(H,15,16). The maximum atomic E-state index is 11.6. The van der Waals surface area contributed by atoms with Crippen LogP contribution in [0.3, 0.4) is 0 Å². The molecule has 1 aromatic rings. The van der Waals surface area contributed by atoms with Crippen LogP contribution in [0.1, 0.15) is 13.3 Å². The van der Waals surface area contributed by atoms with Crippen LogP contribution in [-0.2, 0) is 4.79 Å². The van der Waals surface area contributed by atoms with Crippen molar-refractivity contribution < 1.29 is 4.79 Å². The van der Waals surface area contributed by atoms with Gasteiger partial charge in [0.25, 0.3) is 0 Å². The summed E-state index contributed by atoms with van der Waals surface area (Å²) in [6.45, 7) is 1.97. The van der Waals surface area contributed by atoms with Crippen molar-refractivity contribution >= 4 is 39.3 Å². The van der Waals surface area contributed by atoms with Gasteiger partial charge in [0.1, 0.15) is 0 Å².